The summed E-state index contributed by atoms with van der Waals surface area (Å²) in [7, 11) is 0. The number of carboxylic acid groups (broad SMARTS) is 1. The molecule has 13 heteroatoms. The molecule has 4 amide bonds. The van der Waals surface area contributed by atoms with E-state index in [2.05, 4.69) is 0 Å². The van der Waals surface area contributed by atoms with Crippen molar-refractivity contribution < 1.29 is 43.7 Å². The van der Waals surface area contributed by atoms with Gasteiger partial charge in [0.25, 0.3) is 11.8 Å². The highest BCUT2D eigenvalue weighted by Gasteiger charge is 2.77. The fraction of sp³-hybridized carbons (Fsp3) is 0.216. The van der Waals surface area contributed by atoms with Crippen LogP contribution < -0.4 is 9.80 Å². The van der Waals surface area contributed by atoms with Gasteiger partial charge in [-0.1, -0.05) is 48.0 Å². The Balaban J connectivity index is 1.30. The molecule has 2 aliphatic heterocycles. The quantitative estimate of drug-likeness (QED) is 0.135. The highest BCUT2D eigenvalue weighted by molar-refractivity contribution is 6.58. The van der Waals surface area contributed by atoms with E-state index in [1.807, 2.05) is 0 Å². The zero-order valence-electron chi connectivity index (χ0n) is 25.7. The van der Waals surface area contributed by atoms with Gasteiger partial charge in [0.05, 0.1) is 23.2 Å². The Morgan fingerprint density at radius 1 is 0.820 bits per heavy atom. The van der Waals surface area contributed by atoms with Gasteiger partial charge >= 0.3 is 5.97 Å². The minimum atomic E-state index is -2.24. The Labute approximate surface area is 292 Å². The number of allylic oxidation sites excluding steroid dienone is 2. The molecule has 3 fully saturated rings. The van der Waals surface area contributed by atoms with E-state index < -0.39 is 80.1 Å². The number of aromatic carboxylic acids is 1. The highest BCUT2D eigenvalue weighted by atomic mass is 35.5. The summed E-state index contributed by atoms with van der Waals surface area (Å²) in [6.45, 7) is 0. The Kier molecular flexibility index (Phi) is 6.95. The Morgan fingerprint density at radius 3 is 2.22 bits per heavy atom. The van der Waals surface area contributed by atoms with Gasteiger partial charge in [0.2, 0.25) is 11.8 Å². The number of phenolic OH excluding ortho intramolecular Hbond substituents is 1. The number of aromatic hydroxyl groups is 2. The molecule has 3 N–H and O–H groups in total. The topological polar surface area (TPSA) is 153 Å². The van der Waals surface area contributed by atoms with E-state index >= 15 is 0 Å². The standard InChI is InChI=1S/C37H25Cl2FN2O8/c38-36-16-26-22(13-14-24-28(26)32(46)41(31(24)45)20-10-12-23(33(47)48)27(43)15-20)29(25-11-5-17-3-1-2-4-21(17)30(25)44)37(36,39)35(50)42(34(36)49)19-8-6-18(40)7-9-19/h1-13,15,24,26,28-29,43-44H,14,16H2,(H,47,48). The number of hydrogen-bond acceptors (Lipinski definition) is 7. The largest absolute Gasteiger partial charge is 0.507 e. The van der Waals surface area contributed by atoms with Crippen molar-refractivity contribution in [3.63, 3.8) is 0 Å². The Bertz CT molecular complexity index is 2260. The smallest absolute Gasteiger partial charge is 0.339 e. The first-order valence-corrected chi connectivity index (χ1v) is 16.4. The molecule has 6 atom stereocenters. The van der Waals surface area contributed by atoms with Crippen LogP contribution in [0.2, 0.25) is 0 Å². The molecule has 0 aromatic heterocycles. The van der Waals surface area contributed by atoms with Gasteiger partial charge in [-0.15, -0.1) is 23.2 Å². The maximum atomic E-state index is 14.6. The van der Waals surface area contributed by atoms with E-state index in [0.717, 1.165) is 34.1 Å². The van der Waals surface area contributed by atoms with E-state index in [4.69, 9.17) is 23.2 Å². The van der Waals surface area contributed by atoms with Gasteiger partial charge in [0, 0.05) is 22.9 Å². The summed E-state index contributed by atoms with van der Waals surface area (Å²) in [6, 6.07) is 18.3. The van der Waals surface area contributed by atoms with Crippen LogP contribution in [-0.2, 0) is 19.2 Å². The first kappa shape index (κ1) is 32.0. The second-order valence-corrected chi connectivity index (χ2v) is 14.2. The van der Waals surface area contributed by atoms with Gasteiger partial charge in [-0.3, -0.25) is 19.2 Å². The van der Waals surface area contributed by atoms with Crippen LogP contribution in [0.4, 0.5) is 15.8 Å². The summed E-state index contributed by atoms with van der Waals surface area (Å²) in [5.41, 5.74) is 0.187. The lowest BCUT2D eigenvalue weighted by Crippen LogP contribution is -2.60. The maximum Gasteiger partial charge on any atom is 0.339 e. The number of hydrogen-bond donors (Lipinski definition) is 3. The number of rotatable bonds is 4. The summed E-state index contributed by atoms with van der Waals surface area (Å²) in [5, 5.41) is 32.6. The predicted molar refractivity (Wildman–Crippen MR) is 180 cm³/mol. The van der Waals surface area contributed by atoms with E-state index in [0.29, 0.717) is 16.3 Å². The monoisotopic (exact) mass is 714 g/mol. The molecule has 0 radical (unpaired) electrons. The van der Waals surface area contributed by atoms with E-state index in [-0.39, 0.29) is 35.5 Å². The van der Waals surface area contributed by atoms with E-state index in [9.17, 15) is 43.7 Å². The second kappa shape index (κ2) is 10.9. The Hall–Kier alpha value is -5.26. The van der Waals surface area contributed by atoms with Crippen LogP contribution in [0.25, 0.3) is 10.8 Å². The van der Waals surface area contributed by atoms with Crippen molar-refractivity contribution in [1.29, 1.82) is 0 Å². The lowest BCUT2D eigenvalue weighted by Gasteiger charge is -2.50. The van der Waals surface area contributed by atoms with Gasteiger partial charge < -0.3 is 15.3 Å². The molecule has 4 aromatic rings. The van der Waals surface area contributed by atoms with Crippen LogP contribution in [0.5, 0.6) is 11.5 Å². The number of benzene rings is 4. The highest BCUT2D eigenvalue weighted by Crippen LogP contribution is 2.66. The van der Waals surface area contributed by atoms with Crippen molar-refractivity contribution in [3.05, 3.63) is 107 Å². The van der Waals surface area contributed by atoms with Crippen molar-refractivity contribution in [3.8, 4) is 11.5 Å². The molecule has 50 heavy (non-hydrogen) atoms. The van der Waals surface area contributed by atoms with E-state index in [1.54, 1.807) is 42.5 Å². The number of nitrogens with zero attached hydrogens (tertiary/aromatic N) is 2. The Morgan fingerprint density at radius 2 is 1.52 bits per heavy atom. The van der Waals surface area contributed by atoms with Crippen molar-refractivity contribution >= 4 is 74.9 Å². The van der Waals surface area contributed by atoms with Crippen LogP contribution in [0.3, 0.4) is 0 Å². The van der Waals surface area contributed by atoms with E-state index in [1.165, 1.54) is 18.2 Å². The molecule has 2 aliphatic carbocycles. The number of imide groups is 2. The lowest BCUT2D eigenvalue weighted by molar-refractivity contribution is -0.125. The number of fused-ring (bicyclic) bond motifs is 5. The summed E-state index contributed by atoms with van der Waals surface area (Å²) in [6.07, 6.45) is 1.41. The zero-order chi connectivity index (χ0) is 35.4. The van der Waals surface area contributed by atoms with Crippen molar-refractivity contribution in [1.82, 2.24) is 0 Å². The fourth-order valence-corrected chi connectivity index (χ4v) is 9.27. The molecule has 6 unspecified atom stereocenters. The number of anilines is 2. The van der Waals surface area contributed by atoms with Gasteiger partial charge in [0.15, 0.2) is 9.75 Å². The molecule has 1 saturated carbocycles. The summed E-state index contributed by atoms with van der Waals surface area (Å²) >= 11 is 14.8. The van der Waals surface area contributed by atoms with Crippen LogP contribution in [0.15, 0.2) is 90.5 Å². The zero-order valence-corrected chi connectivity index (χ0v) is 27.2. The molecular weight excluding hydrogens is 690 g/mol. The first-order chi connectivity index (χ1) is 23.8. The number of carbonyl (C=O) groups is 5. The van der Waals surface area contributed by atoms with Crippen molar-refractivity contribution in [2.75, 3.05) is 9.80 Å². The third-order valence-corrected chi connectivity index (χ3v) is 12.0. The number of carboxylic acids is 1. The number of amides is 4. The lowest BCUT2D eigenvalue weighted by atomic mass is 9.56. The van der Waals surface area contributed by atoms with Crippen molar-refractivity contribution in [2.24, 2.45) is 17.8 Å². The molecule has 0 bridgehead atoms. The average molecular weight is 716 g/mol. The number of carbonyl (C=O) groups excluding carboxylic acids is 4. The molecule has 2 heterocycles. The fourth-order valence-electron chi connectivity index (χ4n) is 8.34. The number of alkyl halides is 2. The van der Waals surface area contributed by atoms with Crippen LogP contribution in [-0.4, -0.2) is 54.7 Å². The molecule has 4 aliphatic rings. The predicted octanol–water partition coefficient (Wildman–Crippen LogP) is 5.86. The van der Waals surface area contributed by atoms with Crippen LogP contribution in [0.1, 0.15) is 34.7 Å². The molecule has 10 nitrogen and oxygen atoms in total. The average Bonchev–Trinajstić information content (AvgIpc) is 3.43. The minimum Gasteiger partial charge on any atom is -0.507 e. The van der Waals surface area contributed by atoms with Crippen LogP contribution >= 0.6 is 23.2 Å². The molecule has 2 saturated heterocycles. The first-order valence-electron chi connectivity index (χ1n) is 15.7. The third-order valence-electron chi connectivity index (χ3n) is 10.6. The van der Waals surface area contributed by atoms with Crippen molar-refractivity contribution in [2.45, 2.75) is 28.5 Å². The molecule has 4 aromatic carbocycles. The molecule has 0 spiro atoms. The van der Waals surface area contributed by atoms with Gasteiger partial charge in [0.1, 0.15) is 22.9 Å². The van der Waals surface area contributed by atoms with Gasteiger partial charge in [-0.05, 0) is 60.5 Å². The minimum absolute atomic E-state index is 0.0232. The number of phenols is 2. The number of halogens is 3. The molecule has 8 rings (SSSR count). The summed E-state index contributed by atoms with van der Waals surface area (Å²) in [5.74, 6) is -10.1. The summed E-state index contributed by atoms with van der Waals surface area (Å²) < 4.78 is 13.9. The second-order valence-electron chi connectivity index (χ2n) is 13.0. The van der Waals surface area contributed by atoms with Gasteiger partial charge in [-0.25, -0.2) is 19.0 Å². The molecular formula is C37H25Cl2FN2O8. The maximum absolute atomic E-state index is 14.6. The normalized spacial score (nSPS) is 28.8. The van der Waals surface area contributed by atoms with Crippen LogP contribution in [0, 0.1) is 23.6 Å². The van der Waals surface area contributed by atoms with Gasteiger partial charge in [-0.2, -0.15) is 0 Å². The third kappa shape index (κ3) is 4.10. The summed E-state index contributed by atoms with van der Waals surface area (Å²) in [4.78, 5) is 65.9. The SMILES string of the molecule is O=C(O)c1ccc(N2C(=O)C3CC=C4C(CC5(Cl)C(=O)N(c6ccc(F)cc6)C(=O)C5(Cl)C4c4ccc5ccccc5c4O)C3C2=O)cc1O. The molecule has 252 valence electrons.